The zero-order valence-electron chi connectivity index (χ0n) is 26.2. The van der Waals surface area contributed by atoms with Gasteiger partial charge < -0.3 is 19.9 Å². The number of ether oxygens (including phenoxy) is 1. The summed E-state index contributed by atoms with van der Waals surface area (Å²) in [6.45, 7) is 4.92. The van der Waals surface area contributed by atoms with E-state index in [0.29, 0.717) is 25.2 Å². The summed E-state index contributed by atoms with van der Waals surface area (Å²) in [4.78, 5) is 30.7. The summed E-state index contributed by atoms with van der Waals surface area (Å²) in [7, 11) is 1.64. The number of nitrogens with zero attached hydrogens (tertiary/aromatic N) is 2. The van der Waals surface area contributed by atoms with Crippen LogP contribution in [0.4, 0.5) is 0 Å². The third-order valence-corrected chi connectivity index (χ3v) is 8.25. The molecule has 1 saturated heterocycles. The van der Waals surface area contributed by atoms with Gasteiger partial charge in [0.25, 0.3) is 5.91 Å². The fourth-order valence-corrected chi connectivity index (χ4v) is 5.72. The lowest BCUT2D eigenvalue weighted by atomic mass is 10.0. The highest BCUT2D eigenvalue weighted by Crippen LogP contribution is 2.23. The largest absolute Gasteiger partial charge is 0.497 e. The lowest BCUT2D eigenvalue weighted by Gasteiger charge is -2.22. The molecular weight excluding hydrogens is 558 g/mol. The molecule has 1 fully saturated rings. The third-order valence-electron chi connectivity index (χ3n) is 8.25. The van der Waals surface area contributed by atoms with Gasteiger partial charge >= 0.3 is 0 Å². The molecule has 4 aromatic carbocycles. The van der Waals surface area contributed by atoms with Crippen LogP contribution in [-0.2, 0) is 17.8 Å². The maximum Gasteiger partial charge on any atom is 0.251 e. The van der Waals surface area contributed by atoms with Crippen LogP contribution in [0.3, 0.4) is 0 Å². The standard InChI is InChI=1S/C39H43N3O3/c1-45-37-20-17-32(18-21-37)19-22-38(43)42(26-9-13-31-10-3-2-4-11-31)30-33-12-7-14-34(28-33)35-15-8-16-36(29-35)39(44)40-23-27-41-24-5-6-25-41/h2-4,7-8,10-12,14-22,28-29H,5-6,9,13,23-27,30H2,1H3,(H,40,44)/b22-19+. The maximum absolute atomic E-state index is 13.5. The normalized spacial score (nSPS) is 13.2. The van der Waals surface area contributed by atoms with Gasteiger partial charge in [0, 0.05) is 37.8 Å². The molecule has 6 heteroatoms. The predicted octanol–water partition coefficient (Wildman–Crippen LogP) is 6.86. The van der Waals surface area contributed by atoms with Gasteiger partial charge in [-0.1, -0.05) is 72.8 Å². The number of nitrogens with one attached hydrogen (secondary N) is 1. The van der Waals surface area contributed by atoms with Gasteiger partial charge in [-0.3, -0.25) is 9.59 Å². The first kappa shape index (κ1) is 31.7. The van der Waals surface area contributed by atoms with Crippen molar-refractivity contribution in [2.24, 2.45) is 0 Å². The Hall–Kier alpha value is -4.68. The number of carbonyl (C=O) groups is 2. The van der Waals surface area contributed by atoms with Crippen molar-refractivity contribution < 1.29 is 14.3 Å². The first-order valence-corrected chi connectivity index (χ1v) is 15.9. The van der Waals surface area contributed by atoms with E-state index in [1.165, 1.54) is 18.4 Å². The van der Waals surface area contributed by atoms with E-state index in [-0.39, 0.29) is 11.8 Å². The summed E-state index contributed by atoms with van der Waals surface area (Å²) >= 11 is 0. The van der Waals surface area contributed by atoms with Crippen LogP contribution < -0.4 is 10.1 Å². The molecule has 1 aliphatic rings. The zero-order valence-corrected chi connectivity index (χ0v) is 26.2. The Morgan fingerprint density at radius 2 is 1.56 bits per heavy atom. The molecule has 6 nitrogen and oxygen atoms in total. The van der Waals surface area contributed by atoms with Crippen molar-refractivity contribution in [1.82, 2.24) is 15.1 Å². The van der Waals surface area contributed by atoms with Crippen LogP contribution in [0.5, 0.6) is 5.75 Å². The van der Waals surface area contributed by atoms with Crippen molar-refractivity contribution in [3.8, 4) is 16.9 Å². The topological polar surface area (TPSA) is 61.9 Å². The van der Waals surface area contributed by atoms with Gasteiger partial charge in [-0.15, -0.1) is 0 Å². The van der Waals surface area contributed by atoms with Gasteiger partial charge in [0.2, 0.25) is 5.91 Å². The quantitative estimate of drug-likeness (QED) is 0.160. The summed E-state index contributed by atoms with van der Waals surface area (Å²) in [5, 5.41) is 3.08. The van der Waals surface area contributed by atoms with Crippen LogP contribution in [0.2, 0.25) is 0 Å². The second kappa shape index (κ2) is 16.4. The number of rotatable bonds is 14. The molecule has 4 aromatic rings. The van der Waals surface area contributed by atoms with Crippen LogP contribution in [-0.4, -0.2) is 61.4 Å². The second-order valence-electron chi connectivity index (χ2n) is 11.5. The Morgan fingerprint density at radius 1 is 0.844 bits per heavy atom. The molecular formula is C39H43N3O3. The Bertz CT molecular complexity index is 1560. The molecule has 1 heterocycles. The zero-order chi connectivity index (χ0) is 31.3. The lowest BCUT2D eigenvalue weighted by Crippen LogP contribution is -2.33. The maximum atomic E-state index is 13.5. The van der Waals surface area contributed by atoms with Crippen molar-refractivity contribution in [2.45, 2.75) is 32.2 Å². The highest BCUT2D eigenvalue weighted by Gasteiger charge is 2.14. The van der Waals surface area contributed by atoms with Crippen LogP contribution in [0.25, 0.3) is 17.2 Å². The van der Waals surface area contributed by atoms with Gasteiger partial charge in [-0.25, -0.2) is 0 Å². The predicted molar refractivity (Wildman–Crippen MR) is 182 cm³/mol. The average Bonchev–Trinajstić information content (AvgIpc) is 3.61. The fourth-order valence-electron chi connectivity index (χ4n) is 5.72. The van der Waals surface area contributed by atoms with Gasteiger partial charge in [0.05, 0.1) is 7.11 Å². The Kier molecular flexibility index (Phi) is 11.6. The van der Waals surface area contributed by atoms with E-state index in [9.17, 15) is 9.59 Å². The Morgan fingerprint density at radius 3 is 2.31 bits per heavy atom. The van der Waals surface area contributed by atoms with Gasteiger partial charge in [0.15, 0.2) is 0 Å². The Balaban J connectivity index is 1.26. The SMILES string of the molecule is COc1ccc(/C=C/C(=O)N(CCCc2ccccc2)Cc2cccc(-c3cccc(C(=O)NCCN4CCCC4)c3)c2)cc1. The molecule has 0 aromatic heterocycles. The van der Waals surface area contributed by atoms with E-state index in [0.717, 1.165) is 60.5 Å². The average molecular weight is 602 g/mol. The number of hydrogen-bond acceptors (Lipinski definition) is 4. The third kappa shape index (κ3) is 9.65. The number of hydrogen-bond donors (Lipinski definition) is 1. The molecule has 0 aliphatic carbocycles. The van der Waals surface area contributed by atoms with Crippen molar-refractivity contribution in [2.75, 3.05) is 39.8 Å². The summed E-state index contributed by atoms with van der Waals surface area (Å²) in [6, 6.07) is 34.1. The van der Waals surface area contributed by atoms with E-state index in [4.69, 9.17) is 4.74 Å². The van der Waals surface area contributed by atoms with E-state index in [2.05, 4.69) is 52.7 Å². The van der Waals surface area contributed by atoms with Gasteiger partial charge in [0.1, 0.15) is 5.75 Å². The number of carbonyl (C=O) groups excluding carboxylic acids is 2. The van der Waals surface area contributed by atoms with E-state index in [1.54, 1.807) is 13.2 Å². The molecule has 0 saturated carbocycles. The number of aryl methyl sites for hydroxylation is 1. The minimum Gasteiger partial charge on any atom is -0.497 e. The molecule has 0 unspecified atom stereocenters. The van der Waals surface area contributed by atoms with E-state index < -0.39 is 0 Å². The van der Waals surface area contributed by atoms with Crippen LogP contribution in [0, 0.1) is 0 Å². The van der Waals surface area contributed by atoms with Gasteiger partial charge in [-0.2, -0.15) is 0 Å². The van der Waals surface area contributed by atoms with E-state index in [1.807, 2.05) is 71.6 Å². The summed E-state index contributed by atoms with van der Waals surface area (Å²) < 4.78 is 5.25. The van der Waals surface area contributed by atoms with Crippen LogP contribution >= 0.6 is 0 Å². The fraction of sp³-hybridized carbons (Fsp3) is 0.282. The summed E-state index contributed by atoms with van der Waals surface area (Å²) in [6.07, 6.45) is 7.76. The first-order chi connectivity index (χ1) is 22.1. The van der Waals surface area contributed by atoms with Crippen molar-refractivity contribution in [3.63, 3.8) is 0 Å². The summed E-state index contributed by atoms with van der Waals surface area (Å²) in [5.74, 6) is 0.701. The monoisotopic (exact) mass is 601 g/mol. The molecule has 232 valence electrons. The van der Waals surface area contributed by atoms with Crippen molar-refractivity contribution >= 4 is 17.9 Å². The minimum atomic E-state index is -0.0500. The van der Waals surface area contributed by atoms with E-state index >= 15 is 0 Å². The highest BCUT2D eigenvalue weighted by molar-refractivity contribution is 5.95. The van der Waals surface area contributed by atoms with Crippen LogP contribution in [0.1, 0.15) is 46.3 Å². The van der Waals surface area contributed by atoms with Crippen molar-refractivity contribution in [3.05, 3.63) is 131 Å². The number of benzene rings is 4. The number of amides is 2. The van der Waals surface area contributed by atoms with Crippen LogP contribution in [0.15, 0.2) is 109 Å². The lowest BCUT2D eigenvalue weighted by molar-refractivity contribution is -0.126. The Labute approximate surface area is 267 Å². The molecule has 2 amide bonds. The molecule has 5 rings (SSSR count). The molecule has 45 heavy (non-hydrogen) atoms. The summed E-state index contributed by atoms with van der Waals surface area (Å²) in [5.41, 5.74) is 5.89. The molecule has 0 atom stereocenters. The van der Waals surface area contributed by atoms with Crippen molar-refractivity contribution in [1.29, 1.82) is 0 Å². The molecule has 1 aliphatic heterocycles. The number of likely N-dealkylation sites (tertiary alicyclic amines) is 1. The first-order valence-electron chi connectivity index (χ1n) is 15.9. The number of methoxy groups -OCH3 is 1. The second-order valence-corrected chi connectivity index (χ2v) is 11.5. The molecule has 0 spiro atoms. The highest BCUT2D eigenvalue weighted by atomic mass is 16.5. The smallest absolute Gasteiger partial charge is 0.251 e. The molecule has 1 N–H and O–H groups in total. The van der Waals surface area contributed by atoms with Gasteiger partial charge in [-0.05, 0) is 103 Å². The minimum absolute atomic E-state index is 0.0307. The molecule has 0 bridgehead atoms. The molecule has 0 radical (unpaired) electrons.